The Balaban J connectivity index is 1.28. The number of aromatic nitrogens is 2. The molecule has 2 aliphatic heterocycles. The fraction of sp³-hybridized carbons (Fsp3) is 0.636. The van der Waals surface area contributed by atoms with Gasteiger partial charge in [0.1, 0.15) is 0 Å². The Morgan fingerprint density at radius 3 is 2.41 bits per heavy atom. The molecule has 0 aliphatic carbocycles. The van der Waals surface area contributed by atoms with E-state index in [0.29, 0.717) is 11.8 Å². The molecule has 0 atom stereocenters. The smallest absolute Gasteiger partial charge is 0.229 e. The number of aryl methyl sites for hydroxylation is 1. The highest BCUT2D eigenvalue weighted by Crippen LogP contribution is 2.31. The van der Waals surface area contributed by atoms with Gasteiger partial charge in [0.15, 0.2) is 5.82 Å². The van der Waals surface area contributed by atoms with Crippen LogP contribution in [0.4, 0.5) is 5.69 Å². The maximum atomic E-state index is 5.53. The van der Waals surface area contributed by atoms with Crippen molar-refractivity contribution in [3.63, 3.8) is 0 Å². The molecule has 1 aromatic carbocycles. The summed E-state index contributed by atoms with van der Waals surface area (Å²) in [5.74, 6) is 2.47. The molecule has 5 heteroatoms. The third kappa shape index (κ3) is 4.18. The maximum absolute atomic E-state index is 5.53. The van der Waals surface area contributed by atoms with E-state index in [-0.39, 0.29) is 0 Å². The molecule has 146 valence electrons. The van der Waals surface area contributed by atoms with E-state index in [9.17, 15) is 0 Å². The van der Waals surface area contributed by atoms with Crippen molar-refractivity contribution in [1.82, 2.24) is 15.0 Å². The first-order valence-electron chi connectivity index (χ1n) is 10.5. The van der Waals surface area contributed by atoms with Crippen LogP contribution in [0.15, 0.2) is 28.8 Å². The Labute approximate surface area is 162 Å². The standard InChI is InChI=1S/C22H32N4O/c1-16(2)21-23-22(27-24-21)18-7-11-25(12-8-18)19-9-13-26(14-10-19)20-6-4-5-17(3)15-20/h4-6,15-16,18-19H,7-14H2,1-3H3. The molecule has 2 aromatic rings. The Morgan fingerprint density at radius 1 is 1.04 bits per heavy atom. The van der Waals surface area contributed by atoms with Gasteiger partial charge in [0.05, 0.1) is 0 Å². The van der Waals surface area contributed by atoms with E-state index < -0.39 is 0 Å². The number of anilines is 1. The van der Waals surface area contributed by atoms with Gasteiger partial charge < -0.3 is 14.3 Å². The predicted molar refractivity (Wildman–Crippen MR) is 108 cm³/mol. The maximum Gasteiger partial charge on any atom is 0.229 e. The van der Waals surface area contributed by atoms with E-state index in [1.165, 1.54) is 24.1 Å². The van der Waals surface area contributed by atoms with Gasteiger partial charge >= 0.3 is 0 Å². The number of likely N-dealkylation sites (tertiary alicyclic amines) is 1. The summed E-state index contributed by atoms with van der Waals surface area (Å²) in [4.78, 5) is 9.86. The summed E-state index contributed by atoms with van der Waals surface area (Å²) in [6.45, 7) is 11.0. The lowest BCUT2D eigenvalue weighted by Crippen LogP contribution is -2.47. The minimum Gasteiger partial charge on any atom is -0.371 e. The predicted octanol–water partition coefficient (Wildman–Crippen LogP) is 4.35. The highest BCUT2D eigenvalue weighted by Gasteiger charge is 2.31. The lowest BCUT2D eigenvalue weighted by molar-refractivity contribution is 0.124. The molecule has 1 aromatic heterocycles. The third-order valence-electron chi connectivity index (χ3n) is 6.20. The van der Waals surface area contributed by atoms with E-state index in [0.717, 1.165) is 56.8 Å². The van der Waals surface area contributed by atoms with Crippen LogP contribution < -0.4 is 4.90 Å². The summed E-state index contributed by atoms with van der Waals surface area (Å²) >= 11 is 0. The van der Waals surface area contributed by atoms with Crippen molar-refractivity contribution in [2.24, 2.45) is 0 Å². The van der Waals surface area contributed by atoms with Crippen molar-refractivity contribution in [3.8, 4) is 0 Å². The van der Waals surface area contributed by atoms with E-state index in [4.69, 9.17) is 4.52 Å². The topological polar surface area (TPSA) is 45.4 Å². The monoisotopic (exact) mass is 368 g/mol. The molecule has 2 saturated heterocycles. The Kier molecular flexibility index (Phi) is 5.48. The first-order valence-corrected chi connectivity index (χ1v) is 10.5. The van der Waals surface area contributed by atoms with Crippen LogP contribution in [0, 0.1) is 6.92 Å². The molecule has 2 aliphatic rings. The number of nitrogens with zero attached hydrogens (tertiary/aromatic N) is 4. The molecule has 0 saturated carbocycles. The van der Waals surface area contributed by atoms with Crippen molar-refractivity contribution >= 4 is 5.69 Å². The Bertz CT molecular complexity index is 740. The van der Waals surface area contributed by atoms with Crippen LogP contribution in [-0.4, -0.2) is 47.3 Å². The molecule has 0 N–H and O–H groups in total. The average molecular weight is 369 g/mol. The van der Waals surface area contributed by atoms with Crippen LogP contribution in [0.3, 0.4) is 0 Å². The zero-order valence-corrected chi connectivity index (χ0v) is 16.9. The third-order valence-corrected chi connectivity index (χ3v) is 6.20. The summed E-state index contributed by atoms with van der Waals surface area (Å²) in [7, 11) is 0. The number of hydrogen-bond donors (Lipinski definition) is 0. The number of hydrogen-bond acceptors (Lipinski definition) is 5. The van der Waals surface area contributed by atoms with Gasteiger partial charge in [-0.05, 0) is 63.4 Å². The Hall–Kier alpha value is -1.88. The normalized spacial score (nSPS) is 20.5. The fourth-order valence-electron chi connectivity index (χ4n) is 4.47. The van der Waals surface area contributed by atoms with E-state index in [2.05, 4.69) is 65.0 Å². The summed E-state index contributed by atoms with van der Waals surface area (Å²) in [5, 5.41) is 4.14. The molecule has 5 nitrogen and oxygen atoms in total. The van der Waals surface area contributed by atoms with Gasteiger partial charge in [-0.3, -0.25) is 0 Å². The van der Waals surface area contributed by atoms with Gasteiger partial charge in [-0.25, -0.2) is 0 Å². The highest BCUT2D eigenvalue weighted by atomic mass is 16.5. The van der Waals surface area contributed by atoms with Crippen molar-refractivity contribution in [2.75, 3.05) is 31.1 Å². The zero-order chi connectivity index (χ0) is 18.8. The number of piperidine rings is 2. The molecule has 2 fully saturated rings. The first kappa shape index (κ1) is 18.5. The second-order valence-corrected chi connectivity index (χ2v) is 8.51. The van der Waals surface area contributed by atoms with Crippen LogP contribution >= 0.6 is 0 Å². The minimum atomic E-state index is 0.334. The number of rotatable bonds is 4. The Morgan fingerprint density at radius 2 is 1.78 bits per heavy atom. The van der Waals surface area contributed by atoms with Gasteiger partial charge in [0.2, 0.25) is 5.89 Å². The van der Waals surface area contributed by atoms with Gasteiger partial charge in [0.25, 0.3) is 0 Å². The summed E-state index contributed by atoms with van der Waals surface area (Å²) in [5.41, 5.74) is 2.72. The van der Waals surface area contributed by atoms with Crippen LogP contribution in [0.2, 0.25) is 0 Å². The summed E-state index contributed by atoms with van der Waals surface area (Å²) < 4.78 is 5.53. The molecule has 4 rings (SSSR count). The van der Waals surface area contributed by atoms with Crippen molar-refractivity contribution < 1.29 is 4.52 Å². The first-order chi connectivity index (χ1) is 13.1. The fourth-order valence-corrected chi connectivity index (χ4v) is 4.47. The second-order valence-electron chi connectivity index (χ2n) is 8.51. The quantitative estimate of drug-likeness (QED) is 0.803. The summed E-state index contributed by atoms with van der Waals surface area (Å²) in [6.07, 6.45) is 4.79. The van der Waals surface area contributed by atoms with Crippen LogP contribution in [0.1, 0.15) is 68.6 Å². The molecular formula is C22H32N4O. The van der Waals surface area contributed by atoms with E-state index in [1.54, 1.807) is 0 Å². The molecule has 0 radical (unpaired) electrons. The lowest BCUT2D eigenvalue weighted by atomic mass is 9.93. The zero-order valence-electron chi connectivity index (χ0n) is 16.9. The molecule has 3 heterocycles. The lowest BCUT2D eigenvalue weighted by Gasteiger charge is -2.42. The van der Waals surface area contributed by atoms with Crippen molar-refractivity contribution in [2.45, 2.75) is 64.3 Å². The van der Waals surface area contributed by atoms with E-state index in [1.807, 2.05) is 0 Å². The highest BCUT2D eigenvalue weighted by molar-refractivity contribution is 5.48. The van der Waals surface area contributed by atoms with Crippen molar-refractivity contribution in [3.05, 3.63) is 41.5 Å². The van der Waals surface area contributed by atoms with Gasteiger partial charge in [-0.15, -0.1) is 0 Å². The molecule has 0 spiro atoms. The van der Waals surface area contributed by atoms with Gasteiger partial charge in [0, 0.05) is 36.7 Å². The van der Waals surface area contributed by atoms with Crippen LogP contribution in [-0.2, 0) is 0 Å². The number of benzene rings is 1. The van der Waals surface area contributed by atoms with Gasteiger partial charge in [-0.1, -0.05) is 31.1 Å². The SMILES string of the molecule is Cc1cccc(N2CCC(N3CCC(c4nc(C(C)C)no4)CC3)CC2)c1. The van der Waals surface area contributed by atoms with Crippen LogP contribution in [0.5, 0.6) is 0 Å². The van der Waals surface area contributed by atoms with Gasteiger partial charge in [-0.2, -0.15) is 4.98 Å². The molecular weight excluding hydrogens is 336 g/mol. The van der Waals surface area contributed by atoms with Crippen LogP contribution in [0.25, 0.3) is 0 Å². The van der Waals surface area contributed by atoms with Crippen molar-refractivity contribution in [1.29, 1.82) is 0 Å². The largest absolute Gasteiger partial charge is 0.371 e. The molecule has 0 amide bonds. The second kappa shape index (κ2) is 8.01. The molecule has 0 bridgehead atoms. The average Bonchev–Trinajstić information content (AvgIpc) is 3.19. The molecule has 0 unspecified atom stereocenters. The minimum absolute atomic E-state index is 0.334. The van der Waals surface area contributed by atoms with E-state index >= 15 is 0 Å². The molecule has 27 heavy (non-hydrogen) atoms. The summed E-state index contributed by atoms with van der Waals surface area (Å²) in [6, 6.07) is 9.62.